The van der Waals surface area contributed by atoms with Gasteiger partial charge >= 0.3 is 5.69 Å². The molecule has 0 amide bonds. The van der Waals surface area contributed by atoms with Gasteiger partial charge in [0.15, 0.2) is 5.65 Å². The summed E-state index contributed by atoms with van der Waals surface area (Å²) in [6.07, 6.45) is 0.261. The number of anilines is 1. The van der Waals surface area contributed by atoms with Crippen LogP contribution in [0.4, 0.5) is 5.82 Å². The Morgan fingerprint density at radius 3 is 2.72 bits per heavy atom. The van der Waals surface area contributed by atoms with E-state index in [1.54, 1.807) is 12.1 Å². The molecular weight excluding hydrogens is 340 g/mol. The third-order valence-corrected chi connectivity index (χ3v) is 4.74. The van der Waals surface area contributed by atoms with Crippen LogP contribution in [0.1, 0.15) is 12.1 Å². The molecule has 6 nitrogen and oxygen atoms in total. The van der Waals surface area contributed by atoms with Crippen molar-refractivity contribution >= 4 is 28.5 Å². The predicted octanol–water partition coefficient (Wildman–Crippen LogP) is 2.31. The number of hydrogen-bond donors (Lipinski definition) is 1. The van der Waals surface area contributed by atoms with Crippen molar-refractivity contribution in [3.05, 3.63) is 57.6 Å². The molecule has 0 spiro atoms. The number of β-amino-alcohol motifs (C(OH)–C–C–N with tert-alkyl or cyclic N) is 1. The maximum Gasteiger partial charge on any atom is 0.355 e. The van der Waals surface area contributed by atoms with Gasteiger partial charge in [-0.25, -0.2) is 14.3 Å². The van der Waals surface area contributed by atoms with Crippen molar-refractivity contribution in [2.75, 3.05) is 18.0 Å². The van der Waals surface area contributed by atoms with Gasteiger partial charge in [0.1, 0.15) is 5.82 Å². The molecule has 3 heterocycles. The third-order valence-electron chi connectivity index (χ3n) is 4.42. The molecule has 4 rings (SSSR count). The van der Waals surface area contributed by atoms with Crippen molar-refractivity contribution in [3.63, 3.8) is 0 Å². The van der Waals surface area contributed by atoms with E-state index in [2.05, 4.69) is 9.97 Å². The van der Waals surface area contributed by atoms with Crippen LogP contribution in [0.2, 0.25) is 5.02 Å². The van der Waals surface area contributed by atoms with E-state index in [1.165, 1.54) is 4.57 Å². The molecule has 3 aromatic rings. The molecule has 1 aliphatic rings. The van der Waals surface area contributed by atoms with Crippen LogP contribution in [0.15, 0.2) is 41.2 Å². The van der Waals surface area contributed by atoms with Crippen LogP contribution >= 0.6 is 11.6 Å². The van der Waals surface area contributed by atoms with E-state index in [-0.39, 0.29) is 0 Å². The minimum absolute atomic E-state index is 0.402. The lowest BCUT2D eigenvalue weighted by atomic mass is 10.2. The second-order valence-electron chi connectivity index (χ2n) is 6.22. The molecule has 0 bridgehead atoms. The summed E-state index contributed by atoms with van der Waals surface area (Å²) in [5.41, 5.74) is 1.43. The van der Waals surface area contributed by atoms with E-state index in [0.717, 1.165) is 11.1 Å². The molecule has 1 saturated heterocycles. The molecule has 128 valence electrons. The molecule has 0 aliphatic carbocycles. The molecule has 1 N–H and O–H groups in total. The van der Waals surface area contributed by atoms with E-state index < -0.39 is 11.8 Å². The van der Waals surface area contributed by atoms with Crippen LogP contribution in [0.25, 0.3) is 16.7 Å². The molecule has 25 heavy (non-hydrogen) atoms. The summed E-state index contributed by atoms with van der Waals surface area (Å²) in [7, 11) is 0. The SMILES string of the molecule is Cc1ccc2c(N3CC[C@H](O)C3)nc(=O)n(-c3ccccc3Cl)c2n1. The van der Waals surface area contributed by atoms with Gasteiger partial charge in [0.05, 0.1) is 22.2 Å². The van der Waals surface area contributed by atoms with Crippen molar-refractivity contribution in [2.45, 2.75) is 19.4 Å². The number of nitrogens with zero attached hydrogens (tertiary/aromatic N) is 4. The van der Waals surface area contributed by atoms with Gasteiger partial charge in [-0.1, -0.05) is 23.7 Å². The fourth-order valence-electron chi connectivity index (χ4n) is 3.20. The van der Waals surface area contributed by atoms with E-state index in [9.17, 15) is 9.90 Å². The minimum Gasteiger partial charge on any atom is -0.391 e. The van der Waals surface area contributed by atoms with E-state index in [4.69, 9.17) is 11.6 Å². The lowest BCUT2D eigenvalue weighted by molar-refractivity contribution is 0.198. The maximum atomic E-state index is 12.8. The number of halogens is 1. The van der Waals surface area contributed by atoms with Crippen molar-refractivity contribution in [2.24, 2.45) is 0 Å². The molecule has 0 radical (unpaired) electrons. The van der Waals surface area contributed by atoms with Crippen LogP contribution in [-0.4, -0.2) is 38.8 Å². The van der Waals surface area contributed by atoms with Gasteiger partial charge in [0.2, 0.25) is 0 Å². The zero-order valence-corrected chi connectivity index (χ0v) is 14.4. The van der Waals surface area contributed by atoms with Crippen LogP contribution in [0.3, 0.4) is 0 Å². The van der Waals surface area contributed by atoms with Crippen LogP contribution in [0.5, 0.6) is 0 Å². The molecule has 1 atom stereocenters. The monoisotopic (exact) mass is 356 g/mol. The van der Waals surface area contributed by atoms with Gasteiger partial charge in [-0.05, 0) is 37.6 Å². The Labute approximate surface area is 149 Å². The zero-order chi connectivity index (χ0) is 17.6. The minimum atomic E-state index is -0.435. The first-order chi connectivity index (χ1) is 12.0. The van der Waals surface area contributed by atoms with Crippen molar-refractivity contribution in [3.8, 4) is 5.69 Å². The summed E-state index contributed by atoms with van der Waals surface area (Å²) in [6.45, 7) is 3.00. The lowest BCUT2D eigenvalue weighted by Gasteiger charge is -2.20. The van der Waals surface area contributed by atoms with Crippen molar-refractivity contribution in [1.29, 1.82) is 0 Å². The van der Waals surface area contributed by atoms with Gasteiger partial charge in [-0.2, -0.15) is 4.98 Å². The number of hydrogen-bond acceptors (Lipinski definition) is 5. The first-order valence-electron chi connectivity index (χ1n) is 8.13. The first kappa shape index (κ1) is 16.1. The Morgan fingerprint density at radius 1 is 1.20 bits per heavy atom. The second-order valence-corrected chi connectivity index (χ2v) is 6.62. The molecule has 7 heteroatoms. The average molecular weight is 357 g/mol. The zero-order valence-electron chi connectivity index (χ0n) is 13.7. The van der Waals surface area contributed by atoms with E-state index in [1.807, 2.05) is 36.1 Å². The molecule has 1 fully saturated rings. The number of fused-ring (bicyclic) bond motifs is 1. The summed E-state index contributed by atoms with van der Waals surface area (Å²) in [4.78, 5) is 23.6. The number of aliphatic hydroxyl groups is 1. The van der Waals surface area contributed by atoms with E-state index in [0.29, 0.717) is 41.7 Å². The van der Waals surface area contributed by atoms with Gasteiger partial charge in [-0.3, -0.25) is 0 Å². The molecule has 2 aromatic heterocycles. The smallest absolute Gasteiger partial charge is 0.355 e. The largest absolute Gasteiger partial charge is 0.391 e. The molecular formula is C18H17ClN4O2. The van der Waals surface area contributed by atoms with Crippen molar-refractivity contribution < 1.29 is 5.11 Å². The first-order valence-corrected chi connectivity index (χ1v) is 8.51. The Bertz CT molecular complexity index is 1020. The fourth-order valence-corrected chi connectivity index (χ4v) is 3.43. The number of aliphatic hydroxyl groups excluding tert-OH is 1. The number of aryl methyl sites for hydroxylation is 1. The van der Waals surface area contributed by atoms with E-state index >= 15 is 0 Å². The van der Waals surface area contributed by atoms with Crippen LogP contribution in [-0.2, 0) is 0 Å². The highest BCUT2D eigenvalue weighted by Gasteiger charge is 2.25. The highest BCUT2D eigenvalue weighted by atomic mass is 35.5. The van der Waals surface area contributed by atoms with Crippen LogP contribution < -0.4 is 10.6 Å². The Balaban J connectivity index is 2.03. The summed E-state index contributed by atoms with van der Waals surface area (Å²) >= 11 is 6.30. The van der Waals surface area contributed by atoms with Crippen molar-refractivity contribution in [1.82, 2.24) is 14.5 Å². The maximum absolute atomic E-state index is 12.8. The Hall–Kier alpha value is -2.44. The topological polar surface area (TPSA) is 71.2 Å². The molecule has 1 aromatic carbocycles. The summed E-state index contributed by atoms with van der Waals surface area (Å²) in [6, 6.07) is 10.9. The molecule has 1 aliphatic heterocycles. The number of benzene rings is 1. The van der Waals surface area contributed by atoms with Crippen LogP contribution in [0, 0.1) is 6.92 Å². The standard InChI is InChI=1S/C18H17ClN4O2/c1-11-6-7-13-16(22-9-8-12(24)10-22)21-18(25)23(17(13)20-11)15-5-3-2-4-14(15)19/h2-7,12,24H,8-10H2,1H3/t12-/m0/s1. The summed E-state index contributed by atoms with van der Waals surface area (Å²) in [5.74, 6) is 0.562. The number of pyridine rings is 1. The molecule has 0 unspecified atom stereocenters. The normalized spacial score (nSPS) is 17.4. The van der Waals surface area contributed by atoms with Gasteiger partial charge in [0, 0.05) is 18.8 Å². The summed E-state index contributed by atoms with van der Waals surface area (Å²) < 4.78 is 1.45. The quantitative estimate of drug-likeness (QED) is 0.763. The van der Waals surface area contributed by atoms with Gasteiger partial charge in [0.25, 0.3) is 0 Å². The highest BCUT2D eigenvalue weighted by molar-refractivity contribution is 6.32. The number of rotatable bonds is 2. The van der Waals surface area contributed by atoms with Gasteiger partial charge < -0.3 is 10.0 Å². The summed E-state index contributed by atoms with van der Waals surface area (Å²) in [5, 5.41) is 11.1. The Morgan fingerprint density at radius 2 is 2.00 bits per heavy atom. The second kappa shape index (κ2) is 6.13. The molecule has 0 saturated carbocycles. The van der Waals surface area contributed by atoms with Gasteiger partial charge in [-0.15, -0.1) is 0 Å². The predicted molar refractivity (Wildman–Crippen MR) is 97.7 cm³/mol. The Kier molecular flexibility index (Phi) is 3.94. The third kappa shape index (κ3) is 2.77. The average Bonchev–Trinajstić information content (AvgIpc) is 3.01. The number of para-hydroxylation sites is 1. The lowest BCUT2D eigenvalue weighted by Crippen LogP contribution is -2.29. The fraction of sp³-hybridized carbons (Fsp3) is 0.278. The number of aromatic nitrogens is 3. The highest BCUT2D eigenvalue weighted by Crippen LogP contribution is 2.28.